The molecule has 2 atom stereocenters. The average Bonchev–Trinajstić information content (AvgIpc) is 3.58. The Morgan fingerprint density at radius 1 is 1.24 bits per heavy atom. The lowest BCUT2D eigenvalue weighted by atomic mass is 9.72. The normalized spacial score (nSPS) is 22.7. The molecule has 1 aliphatic carbocycles. The smallest absolute Gasteiger partial charge is 0.318 e. The van der Waals surface area contributed by atoms with Gasteiger partial charge in [-0.1, -0.05) is 6.07 Å². The number of fused-ring (bicyclic) bond motifs is 4. The summed E-state index contributed by atoms with van der Waals surface area (Å²) in [5.41, 5.74) is 11.9. The van der Waals surface area contributed by atoms with Crippen LogP contribution in [-0.2, 0) is 42.9 Å². The number of hydrogen-bond donors (Lipinski definition) is 1. The van der Waals surface area contributed by atoms with Crippen LogP contribution in [0.3, 0.4) is 0 Å². The molecule has 0 radical (unpaired) electrons. The van der Waals surface area contributed by atoms with Gasteiger partial charge in [-0.05, 0) is 63.4 Å². The van der Waals surface area contributed by atoms with Crippen LogP contribution in [0.25, 0.3) is 0 Å². The van der Waals surface area contributed by atoms with Crippen LogP contribution in [-0.4, -0.2) is 82.8 Å². The number of nitrogens with zero attached hydrogens (tertiary/aromatic N) is 8. The predicted octanol–water partition coefficient (Wildman–Crippen LogP) is 2.87. The summed E-state index contributed by atoms with van der Waals surface area (Å²) in [6.07, 6.45) is 5.08. The van der Waals surface area contributed by atoms with Crippen LogP contribution in [0.4, 0.5) is 11.5 Å². The summed E-state index contributed by atoms with van der Waals surface area (Å²) < 4.78 is 15.1. The van der Waals surface area contributed by atoms with Crippen molar-refractivity contribution in [3.05, 3.63) is 57.5 Å². The molecule has 5 heterocycles. The lowest BCUT2D eigenvalue weighted by Crippen LogP contribution is -2.41. The topological polar surface area (TPSA) is 139 Å². The molecule has 1 saturated heterocycles. The highest BCUT2D eigenvalue weighted by Gasteiger charge is 2.45. The zero-order valence-electron chi connectivity index (χ0n) is 26.4. The van der Waals surface area contributed by atoms with Crippen molar-refractivity contribution >= 4 is 17.4 Å². The summed E-state index contributed by atoms with van der Waals surface area (Å²) in [5, 5.41) is 14.8. The summed E-state index contributed by atoms with van der Waals surface area (Å²) in [4.78, 5) is 28.9. The molecular formula is C33H41N9O3. The molecule has 1 spiro atoms. The van der Waals surface area contributed by atoms with Crippen molar-refractivity contribution in [2.75, 3.05) is 58.0 Å². The van der Waals surface area contributed by atoms with Crippen molar-refractivity contribution in [3.8, 4) is 12.1 Å². The number of rotatable bonds is 5. The number of carbonyl (C=O) groups is 1. The molecule has 236 valence electrons. The first kappa shape index (κ1) is 29.5. The minimum atomic E-state index is -0.684. The van der Waals surface area contributed by atoms with Crippen molar-refractivity contribution < 1.29 is 14.3 Å². The number of anilines is 2. The van der Waals surface area contributed by atoms with Crippen molar-refractivity contribution in [1.82, 2.24) is 29.5 Å². The maximum Gasteiger partial charge on any atom is 0.318 e. The zero-order valence-corrected chi connectivity index (χ0v) is 26.4. The first-order valence-corrected chi connectivity index (χ1v) is 15.9. The number of amides is 1. The molecule has 2 aromatic heterocycles. The monoisotopic (exact) mass is 611 g/mol. The van der Waals surface area contributed by atoms with Crippen molar-refractivity contribution in [2.24, 2.45) is 5.92 Å². The van der Waals surface area contributed by atoms with Crippen LogP contribution in [0, 0.1) is 17.2 Å². The SMILES string of the molecule is CN1CCC(COc2nc3c(c(N4CCCn5nc(C(=O)N(C)C)cc5C4)n2)COC2(CCCc4ccc(N)c(C#N)c42)C3)C1. The third-order valence-electron chi connectivity index (χ3n) is 9.79. The van der Waals surface area contributed by atoms with E-state index < -0.39 is 5.60 Å². The second kappa shape index (κ2) is 11.6. The molecule has 4 aliphatic rings. The van der Waals surface area contributed by atoms with Gasteiger partial charge in [-0.15, -0.1) is 0 Å². The number of aryl methyl sites for hydroxylation is 2. The molecule has 2 unspecified atom stereocenters. The first-order valence-electron chi connectivity index (χ1n) is 15.9. The van der Waals surface area contributed by atoms with E-state index in [1.54, 1.807) is 19.0 Å². The van der Waals surface area contributed by atoms with Crippen LogP contribution in [0.1, 0.15) is 69.8 Å². The second-order valence-corrected chi connectivity index (χ2v) is 13.2. The van der Waals surface area contributed by atoms with E-state index in [1.807, 2.05) is 22.9 Å². The molecule has 3 aromatic rings. The Balaban J connectivity index is 1.27. The maximum absolute atomic E-state index is 12.7. The van der Waals surface area contributed by atoms with E-state index in [1.165, 1.54) is 0 Å². The molecule has 1 aromatic carbocycles. The molecule has 12 nitrogen and oxygen atoms in total. The van der Waals surface area contributed by atoms with Crippen LogP contribution in [0.15, 0.2) is 18.2 Å². The quantitative estimate of drug-likeness (QED) is 0.429. The maximum atomic E-state index is 12.7. The Morgan fingerprint density at radius 2 is 2.11 bits per heavy atom. The van der Waals surface area contributed by atoms with Crippen LogP contribution in [0.5, 0.6) is 6.01 Å². The predicted molar refractivity (Wildman–Crippen MR) is 168 cm³/mol. The number of likely N-dealkylation sites (tertiary alicyclic amines) is 1. The van der Waals surface area contributed by atoms with Gasteiger partial charge in [-0.2, -0.15) is 20.3 Å². The fourth-order valence-electron chi connectivity index (χ4n) is 7.50. The van der Waals surface area contributed by atoms with Gasteiger partial charge >= 0.3 is 6.01 Å². The molecule has 45 heavy (non-hydrogen) atoms. The number of carbonyl (C=O) groups excluding carboxylic acids is 1. The van der Waals surface area contributed by atoms with Gasteiger partial charge in [0.25, 0.3) is 5.91 Å². The molecule has 3 aliphatic heterocycles. The largest absolute Gasteiger partial charge is 0.463 e. The Labute approximate surface area is 263 Å². The summed E-state index contributed by atoms with van der Waals surface area (Å²) >= 11 is 0. The van der Waals surface area contributed by atoms with Crippen molar-refractivity contribution in [2.45, 2.75) is 63.8 Å². The summed E-state index contributed by atoms with van der Waals surface area (Å²) in [5.74, 6) is 1.12. The number of nitrogens with two attached hydrogens (primary N) is 1. The minimum absolute atomic E-state index is 0.112. The fourth-order valence-corrected chi connectivity index (χ4v) is 7.50. The van der Waals surface area contributed by atoms with Gasteiger partial charge in [0.05, 0.1) is 36.7 Å². The standard InChI is InChI=1S/C33H41N9O3/c1-39(2)31(43)27-14-23-18-41(11-5-12-42(23)38-27)30-25-20-45-33(10-4-6-22-7-8-26(35)24(16-34)29(22)33)15-28(25)36-32(37-30)44-19-21-9-13-40(3)17-21/h7-8,14,21H,4-6,9-13,15,17-20,35H2,1-3H3. The Hall–Kier alpha value is -4.21. The molecule has 0 saturated carbocycles. The molecule has 12 heteroatoms. The van der Waals surface area contributed by atoms with Gasteiger partial charge < -0.3 is 29.9 Å². The number of nitrogen functional groups attached to an aromatic ring is 1. The highest BCUT2D eigenvalue weighted by atomic mass is 16.5. The van der Waals surface area contributed by atoms with Gasteiger partial charge in [-0.3, -0.25) is 9.48 Å². The van der Waals surface area contributed by atoms with E-state index in [-0.39, 0.29) is 5.91 Å². The Morgan fingerprint density at radius 3 is 2.89 bits per heavy atom. The first-order chi connectivity index (χ1) is 21.7. The molecule has 0 bridgehead atoms. The molecule has 1 amide bonds. The van der Waals surface area contributed by atoms with Crippen molar-refractivity contribution in [3.63, 3.8) is 0 Å². The number of ether oxygens (including phenoxy) is 2. The fraction of sp³-hybridized carbons (Fsp3) is 0.545. The highest BCUT2D eigenvalue weighted by molar-refractivity contribution is 5.92. The average molecular weight is 612 g/mol. The van der Waals surface area contributed by atoms with Gasteiger partial charge in [-0.25, -0.2) is 0 Å². The number of hydrogen-bond acceptors (Lipinski definition) is 10. The molecule has 1 fully saturated rings. The van der Waals surface area contributed by atoms with E-state index in [0.29, 0.717) is 61.6 Å². The Bertz CT molecular complexity index is 1680. The van der Waals surface area contributed by atoms with Gasteiger partial charge in [0.2, 0.25) is 0 Å². The van der Waals surface area contributed by atoms with Crippen molar-refractivity contribution in [1.29, 1.82) is 5.26 Å². The zero-order chi connectivity index (χ0) is 31.3. The number of benzene rings is 1. The minimum Gasteiger partial charge on any atom is -0.463 e. The summed E-state index contributed by atoms with van der Waals surface area (Å²) in [6.45, 7) is 4.96. The third-order valence-corrected chi connectivity index (χ3v) is 9.79. The summed E-state index contributed by atoms with van der Waals surface area (Å²) in [7, 11) is 5.62. The lowest BCUT2D eigenvalue weighted by Gasteiger charge is -2.43. The van der Waals surface area contributed by atoms with Gasteiger partial charge in [0.1, 0.15) is 17.5 Å². The van der Waals surface area contributed by atoms with E-state index in [4.69, 9.17) is 25.2 Å². The summed E-state index contributed by atoms with van der Waals surface area (Å²) in [6, 6.07) is 8.51. The molecular weight excluding hydrogens is 570 g/mol. The van der Waals surface area contributed by atoms with E-state index in [0.717, 1.165) is 85.6 Å². The van der Waals surface area contributed by atoms with Gasteiger partial charge in [0.15, 0.2) is 5.69 Å². The van der Waals surface area contributed by atoms with E-state index in [2.05, 4.69) is 28.0 Å². The molecule has 7 rings (SSSR count). The third kappa shape index (κ3) is 5.38. The Kier molecular flexibility index (Phi) is 7.61. The van der Waals surface area contributed by atoms with E-state index in [9.17, 15) is 10.1 Å². The van der Waals surface area contributed by atoms with Crippen LogP contribution >= 0.6 is 0 Å². The lowest BCUT2D eigenvalue weighted by molar-refractivity contribution is -0.0856. The number of nitriles is 1. The van der Waals surface area contributed by atoms with E-state index >= 15 is 0 Å². The second-order valence-electron chi connectivity index (χ2n) is 13.2. The molecule has 2 N–H and O–H groups in total. The van der Waals surface area contributed by atoms with Crippen LogP contribution in [0.2, 0.25) is 0 Å². The van der Waals surface area contributed by atoms with Gasteiger partial charge in [0, 0.05) is 62.9 Å². The number of aromatic nitrogens is 4. The highest BCUT2D eigenvalue weighted by Crippen LogP contribution is 2.48. The van der Waals surface area contributed by atoms with Crippen LogP contribution < -0.4 is 15.4 Å².